The van der Waals surface area contributed by atoms with Crippen LogP contribution in [0.1, 0.15) is 10.4 Å². The van der Waals surface area contributed by atoms with Gasteiger partial charge >= 0.3 is 5.97 Å². The number of carbonyl (C=O) groups is 1. The number of aromatic carboxylic acids is 1. The molecule has 3 nitrogen and oxygen atoms in total. The normalized spacial score (nSPS) is 10.4. The molecule has 0 aliphatic heterocycles. The van der Waals surface area contributed by atoms with Crippen LogP contribution in [0.4, 0.5) is 0 Å². The van der Waals surface area contributed by atoms with Gasteiger partial charge in [-0.25, -0.2) is 9.78 Å². The van der Waals surface area contributed by atoms with Gasteiger partial charge in [-0.05, 0) is 12.1 Å². The van der Waals surface area contributed by atoms with Gasteiger partial charge in [0.05, 0.1) is 15.6 Å². The van der Waals surface area contributed by atoms with E-state index in [0.29, 0.717) is 16.1 Å². The van der Waals surface area contributed by atoms with Crippen LogP contribution in [0.2, 0.25) is 15.2 Å². The molecule has 2 rings (SSSR count). The van der Waals surface area contributed by atoms with Crippen molar-refractivity contribution in [2.24, 2.45) is 0 Å². The molecule has 0 aliphatic rings. The Morgan fingerprint density at radius 3 is 2.56 bits per heavy atom. The van der Waals surface area contributed by atoms with Gasteiger partial charge in [0.15, 0.2) is 0 Å². The molecule has 2 aromatic rings. The lowest BCUT2D eigenvalue weighted by Gasteiger charge is -2.09. The van der Waals surface area contributed by atoms with Crippen LogP contribution >= 0.6 is 34.8 Å². The quantitative estimate of drug-likeness (QED) is 0.836. The lowest BCUT2D eigenvalue weighted by Crippen LogP contribution is -2.01. The van der Waals surface area contributed by atoms with Crippen molar-refractivity contribution < 1.29 is 9.90 Å². The number of halogens is 3. The van der Waals surface area contributed by atoms with Crippen LogP contribution in [-0.4, -0.2) is 16.1 Å². The van der Waals surface area contributed by atoms with Crippen LogP contribution in [0, 0.1) is 0 Å². The lowest BCUT2D eigenvalue weighted by atomic mass is 10.0. The zero-order valence-electron chi connectivity index (χ0n) is 8.82. The fraction of sp³-hybridized carbons (Fsp3) is 0. The third-order valence-corrected chi connectivity index (χ3v) is 3.37. The molecule has 0 fully saturated rings. The Morgan fingerprint density at radius 1 is 1.17 bits per heavy atom. The average molecular weight is 303 g/mol. The van der Waals surface area contributed by atoms with Crippen molar-refractivity contribution in [2.45, 2.75) is 0 Å². The van der Waals surface area contributed by atoms with E-state index in [-0.39, 0.29) is 15.7 Å². The second kappa shape index (κ2) is 5.14. The molecule has 0 aliphatic carbocycles. The number of rotatable bonds is 2. The largest absolute Gasteiger partial charge is 0.478 e. The molecule has 0 radical (unpaired) electrons. The average Bonchev–Trinajstić information content (AvgIpc) is 2.33. The molecule has 18 heavy (non-hydrogen) atoms. The SMILES string of the molecule is O=C(O)c1cc(Cl)ncc1-c1cccc(Cl)c1Cl. The van der Waals surface area contributed by atoms with Gasteiger partial charge in [-0.3, -0.25) is 0 Å². The monoisotopic (exact) mass is 301 g/mol. The first-order valence-corrected chi connectivity index (χ1v) is 5.97. The molecule has 1 N–H and O–H groups in total. The van der Waals surface area contributed by atoms with E-state index in [1.807, 2.05) is 0 Å². The fourth-order valence-corrected chi connectivity index (χ4v) is 2.09. The Balaban J connectivity index is 2.71. The number of pyridine rings is 1. The number of nitrogens with zero attached hydrogens (tertiary/aromatic N) is 1. The number of carboxylic acid groups (broad SMARTS) is 1. The van der Waals surface area contributed by atoms with Gasteiger partial charge in [0.25, 0.3) is 0 Å². The molecule has 0 spiro atoms. The van der Waals surface area contributed by atoms with Crippen molar-refractivity contribution in [3.63, 3.8) is 0 Å². The summed E-state index contributed by atoms with van der Waals surface area (Å²) in [6, 6.07) is 6.25. The summed E-state index contributed by atoms with van der Waals surface area (Å²) in [5.41, 5.74) is 0.907. The summed E-state index contributed by atoms with van der Waals surface area (Å²) in [6.07, 6.45) is 1.36. The van der Waals surface area contributed by atoms with E-state index >= 15 is 0 Å². The van der Waals surface area contributed by atoms with Gasteiger partial charge in [0.1, 0.15) is 5.15 Å². The van der Waals surface area contributed by atoms with Gasteiger partial charge in [0.2, 0.25) is 0 Å². The van der Waals surface area contributed by atoms with Crippen molar-refractivity contribution in [2.75, 3.05) is 0 Å². The summed E-state index contributed by atoms with van der Waals surface area (Å²) in [5.74, 6) is -1.11. The van der Waals surface area contributed by atoms with Crippen molar-refractivity contribution in [1.29, 1.82) is 0 Å². The number of hydrogen-bond donors (Lipinski definition) is 1. The fourth-order valence-electron chi connectivity index (χ4n) is 1.53. The van der Waals surface area contributed by atoms with Gasteiger partial charge in [-0.2, -0.15) is 0 Å². The predicted molar refractivity (Wildman–Crippen MR) is 71.7 cm³/mol. The predicted octanol–water partition coefficient (Wildman–Crippen LogP) is 4.41. The zero-order valence-corrected chi connectivity index (χ0v) is 11.1. The van der Waals surface area contributed by atoms with Crippen LogP contribution in [0.5, 0.6) is 0 Å². The van der Waals surface area contributed by atoms with E-state index in [0.717, 1.165) is 0 Å². The highest BCUT2D eigenvalue weighted by molar-refractivity contribution is 6.43. The lowest BCUT2D eigenvalue weighted by molar-refractivity contribution is 0.0697. The van der Waals surface area contributed by atoms with Crippen LogP contribution in [-0.2, 0) is 0 Å². The molecule has 0 unspecified atom stereocenters. The Labute approximate surface area is 118 Å². The summed E-state index contributed by atoms with van der Waals surface area (Å²) in [7, 11) is 0. The molecule has 0 atom stereocenters. The van der Waals surface area contributed by atoms with Crippen molar-refractivity contribution in [3.05, 3.63) is 51.2 Å². The van der Waals surface area contributed by atoms with Crippen LogP contribution in [0.3, 0.4) is 0 Å². The highest BCUT2D eigenvalue weighted by atomic mass is 35.5. The Morgan fingerprint density at radius 2 is 1.89 bits per heavy atom. The maximum absolute atomic E-state index is 11.2. The van der Waals surface area contributed by atoms with E-state index < -0.39 is 5.97 Å². The van der Waals surface area contributed by atoms with Gasteiger partial charge in [-0.1, -0.05) is 46.9 Å². The van der Waals surface area contributed by atoms with Gasteiger partial charge in [0, 0.05) is 17.3 Å². The number of carboxylic acids is 1. The molecule has 1 aromatic heterocycles. The third-order valence-electron chi connectivity index (χ3n) is 2.34. The smallest absolute Gasteiger partial charge is 0.336 e. The topological polar surface area (TPSA) is 50.2 Å². The Kier molecular flexibility index (Phi) is 3.76. The summed E-state index contributed by atoms with van der Waals surface area (Å²) in [4.78, 5) is 15.1. The van der Waals surface area contributed by atoms with Crippen LogP contribution in [0.25, 0.3) is 11.1 Å². The molecule has 0 saturated carbocycles. The first-order chi connectivity index (χ1) is 8.50. The van der Waals surface area contributed by atoms with Crippen molar-refractivity contribution >= 4 is 40.8 Å². The number of aromatic nitrogens is 1. The summed E-state index contributed by atoms with van der Waals surface area (Å²) in [6.45, 7) is 0. The molecule has 0 amide bonds. The Hall–Kier alpha value is -1.29. The minimum Gasteiger partial charge on any atom is -0.478 e. The number of hydrogen-bond acceptors (Lipinski definition) is 2. The van der Waals surface area contributed by atoms with E-state index in [4.69, 9.17) is 39.9 Å². The van der Waals surface area contributed by atoms with Crippen molar-refractivity contribution in [3.8, 4) is 11.1 Å². The third kappa shape index (κ3) is 2.43. The maximum Gasteiger partial charge on any atom is 0.336 e. The van der Waals surface area contributed by atoms with E-state index in [1.165, 1.54) is 12.3 Å². The number of benzene rings is 1. The summed E-state index contributed by atoms with van der Waals surface area (Å²) >= 11 is 17.6. The minimum absolute atomic E-state index is 0.0270. The van der Waals surface area contributed by atoms with Gasteiger partial charge < -0.3 is 5.11 Å². The summed E-state index contributed by atoms with van der Waals surface area (Å²) in [5, 5.41) is 9.89. The second-order valence-corrected chi connectivity index (χ2v) is 4.63. The molecule has 92 valence electrons. The van der Waals surface area contributed by atoms with Crippen LogP contribution in [0.15, 0.2) is 30.5 Å². The highest BCUT2D eigenvalue weighted by Crippen LogP contribution is 2.35. The van der Waals surface area contributed by atoms with Gasteiger partial charge in [-0.15, -0.1) is 0 Å². The van der Waals surface area contributed by atoms with E-state index in [9.17, 15) is 4.79 Å². The first-order valence-electron chi connectivity index (χ1n) is 4.84. The molecule has 0 saturated heterocycles. The Bertz CT molecular complexity index is 629. The maximum atomic E-state index is 11.2. The molecule has 1 heterocycles. The molecular weight excluding hydrogens is 296 g/mol. The summed E-state index contributed by atoms with van der Waals surface area (Å²) < 4.78 is 0. The van der Waals surface area contributed by atoms with Crippen LogP contribution < -0.4 is 0 Å². The second-order valence-electron chi connectivity index (χ2n) is 3.46. The molecular formula is C12H6Cl3NO2. The van der Waals surface area contributed by atoms with E-state index in [2.05, 4.69) is 4.98 Å². The molecule has 1 aromatic carbocycles. The van der Waals surface area contributed by atoms with Crippen molar-refractivity contribution in [1.82, 2.24) is 4.98 Å². The highest BCUT2D eigenvalue weighted by Gasteiger charge is 2.16. The van der Waals surface area contributed by atoms with E-state index in [1.54, 1.807) is 18.2 Å². The minimum atomic E-state index is -1.11. The molecule has 6 heteroatoms. The standard InChI is InChI=1S/C12H6Cl3NO2/c13-9-3-1-2-6(11(9)15)8-5-16-10(14)4-7(8)12(17)18/h1-5H,(H,17,18). The first kappa shape index (κ1) is 13.1. The zero-order chi connectivity index (χ0) is 13.3. The molecule has 0 bridgehead atoms.